The second-order valence-electron chi connectivity index (χ2n) is 12.4. The van der Waals surface area contributed by atoms with Gasteiger partial charge in [-0.05, 0) is 46.9 Å². The summed E-state index contributed by atoms with van der Waals surface area (Å²) in [6.07, 6.45) is 3.63. The average molecular weight is 442 g/mol. The van der Waals surface area contributed by atoms with E-state index < -0.39 is 0 Å². The lowest BCUT2D eigenvalue weighted by Gasteiger charge is -2.34. The zero-order valence-corrected chi connectivity index (χ0v) is 21.7. The number of nitrogens with zero attached hydrogens (tertiary/aromatic N) is 2. The average Bonchev–Trinajstić information content (AvgIpc) is 2.64. The van der Waals surface area contributed by atoms with Gasteiger partial charge in [0.2, 0.25) is 0 Å². The molecule has 0 aliphatic rings. The molecule has 0 fully saturated rings. The van der Waals surface area contributed by atoms with Crippen LogP contribution >= 0.6 is 0 Å². The Hall–Kier alpha value is -2.14. The summed E-state index contributed by atoms with van der Waals surface area (Å²) in [7, 11) is 0. The van der Waals surface area contributed by atoms with Crippen LogP contribution in [0.15, 0.2) is 18.3 Å². The molecule has 0 aliphatic heterocycles. The molecule has 5 nitrogen and oxygen atoms in total. The van der Waals surface area contributed by atoms with E-state index in [0.29, 0.717) is 11.4 Å². The van der Waals surface area contributed by atoms with Crippen LogP contribution in [0.3, 0.4) is 0 Å². The number of pyridine rings is 2. The molecular weight excluding hydrogens is 398 g/mol. The molecule has 178 valence electrons. The van der Waals surface area contributed by atoms with Gasteiger partial charge in [0.15, 0.2) is 0 Å². The highest BCUT2D eigenvalue weighted by Gasteiger charge is 2.32. The van der Waals surface area contributed by atoms with Crippen molar-refractivity contribution in [2.24, 2.45) is 0 Å². The molecule has 0 radical (unpaired) electrons. The maximum Gasteiger partial charge on any atom is 0.137 e. The number of nitrogen functional groups attached to an aromatic ring is 1. The fourth-order valence-electron chi connectivity index (χ4n) is 4.14. The van der Waals surface area contributed by atoms with Gasteiger partial charge >= 0.3 is 0 Å². The molecule has 0 bridgehead atoms. The van der Waals surface area contributed by atoms with E-state index in [1.807, 2.05) is 33.0 Å². The monoisotopic (exact) mass is 441 g/mol. The highest BCUT2D eigenvalue weighted by molar-refractivity contribution is 5.51. The third-order valence-electron chi connectivity index (χ3n) is 6.48. The molecule has 0 atom stereocenters. The maximum atomic E-state index is 10.7. The minimum absolute atomic E-state index is 0.0479. The summed E-state index contributed by atoms with van der Waals surface area (Å²) in [6.45, 7) is 20.9. The lowest BCUT2D eigenvalue weighted by molar-refractivity contribution is 0.268. The van der Waals surface area contributed by atoms with E-state index >= 15 is 0 Å². The van der Waals surface area contributed by atoms with Gasteiger partial charge in [-0.2, -0.15) is 0 Å². The van der Waals surface area contributed by atoms with Crippen molar-refractivity contribution in [2.45, 2.75) is 110 Å². The van der Waals surface area contributed by atoms with Gasteiger partial charge in [0.25, 0.3) is 0 Å². The first-order valence-corrected chi connectivity index (χ1v) is 11.5. The van der Waals surface area contributed by atoms with Gasteiger partial charge in [-0.15, -0.1) is 0 Å². The SMILES string of the molecule is CC(C)(C)c1cc(N)c(C(C)(C)CCC(C)(C)c2cc(O)c(C(C)(C)C)nc2CO)cn1. The molecule has 32 heavy (non-hydrogen) atoms. The number of anilines is 1. The lowest BCUT2D eigenvalue weighted by atomic mass is 9.72. The number of hydrogen-bond donors (Lipinski definition) is 3. The van der Waals surface area contributed by atoms with E-state index in [0.717, 1.165) is 35.3 Å². The Bertz CT molecular complexity index is 964. The number of hydrogen-bond acceptors (Lipinski definition) is 5. The summed E-state index contributed by atoms with van der Waals surface area (Å²) in [4.78, 5) is 9.34. The maximum absolute atomic E-state index is 10.7. The fraction of sp³-hybridized carbons (Fsp3) is 0.630. The third-order valence-corrected chi connectivity index (χ3v) is 6.48. The molecule has 0 aromatic carbocycles. The molecule has 0 saturated carbocycles. The molecule has 5 heteroatoms. The molecule has 4 N–H and O–H groups in total. The zero-order valence-electron chi connectivity index (χ0n) is 21.7. The highest BCUT2D eigenvalue weighted by Crippen LogP contribution is 2.41. The Morgan fingerprint density at radius 3 is 1.78 bits per heavy atom. The first kappa shape index (κ1) is 26.1. The summed E-state index contributed by atoms with van der Waals surface area (Å²) >= 11 is 0. The van der Waals surface area contributed by atoms with Crippen LogP contribution in [0.2, 0.25) is 0 Å². The molecule has 2 heterocycles. The smallest absolute Gasteiger partial charge is 0.137 e. The molecule has 0 amide bonds. The summed E-state index contributed by atoms with van der Waals surface area (Å²) in [5.41, 5.74) is 10.6. The first-order valence-electron chi connectivity index (χ1n) is 11.5. The van der Waals surface area contributed by atoms with E-state index in [-0.39, 0.29) is 34.0 Å². The van der Waals surface area contributed by atoms with Gasteiger partial charge in [-0.1, -0.05) is 69.2 Å². The third kappa shape index (κ3) is 5.61. The normalized spacial score (nSPS) is 13.5. The lowest BCUT2D eigenvalue weighted by Crippen LogP contribution is -2.27. The Kier molecular flexibility index (Phi) is 7.07. The highest BCUT2D eigenvalue weighted by atomic mass is 16.3. The van der Waals surface area contributed by atoms with Crippen molar-refractivity contribution in [3.8, 4) is 5.75 Å². The largest absolute Gasteiger partial charge is 0.506 e. The van der Waals surface area contributed by atoms with Crippen LogP contribution in [-0.4, -0.2) is 20.2 Å². The molecule has 0 saturated heterocycles. The Morgan fingerprint density at radius 2 is 1.34 bits per heavy atom. The number of aliphatic hydroxyl groups excluding tert-OH is 1. The van der Waals surface area contributed by atoms with E-state index in [4.69, 9.17) is 10.7 Å². The van der Waals surface area contributed by atoms with Crippen molar-refractivity contribution < 1.29 is 10.2 Å². The minimum atomic E-state index is -0.303. The van der Waals surface area contributed by atoms with Gasteiger partial charge in [0.05, 0.1) is 18.0 Å². The molecule has 2 aromatic heterocycles. The molecule has 0 spiro atoms. The van der Waals surface area contributed by atoms with E-state index in [1.165, 1.54) is 0 Å². The van der Waals surface area contributed by atoms with Gasteiger partial charge in [-0.3, -0.25) is 9.97 Å². The fourth-order valence-corrected chi connectivity index (χ4v) is 4.14. The number of nitrogens with two attached hydrogens (primary N) is 1. The second kappa shape index (κ2) is 8.66. The van der Waals surface area contributed by atoms with Crippen LogP contribution in [0.5, 0.6) is 5.75 Å². The van der Waals surface area contributed by atoms with Gasteiger partial charge in [0.1, 0.15) is 5.75 Å². The topological polar surface area (TPSA) is 92.3 Å². The Labute approximate surface area is 194 Å². The summed E-state index contributed by atoms with van der Waals surface area (Å²) in [5.74, 6) is 0.184. The van der Waals surface area contributed by atoms with Crippen molar-refractivity contribution in [2.75, 3.05) is 5.73 Å². The zero-order chi connectivity index (χ0) is 24.7. The number of aromatic hydroxyl groups is 1. The van der Waals surface area contributed by atoms with Crippen LogP contribution < -0.4 is 5.73 Å². The van der Waals surface area contributed by atoms with Gasteiger partial charge in [0, 0.05) is 28.4 Å². The number of rotatable bonds is 6. The van der Waals surface area contributed by atoms with Crippen LogP contribution in [0.4, 0.5) is 5.69 Å². The molecule has 0 aliphatic carbocycles. The summed E-state index contributed by atoms with van der Waals surface area (Å²) in [5, 5.41) is 20.7. The minimum Gasteiger partial charge on any atom is -0.506 e. The number of aromatic nitrogens is 2. The van der Waals surface area contributed by atoms with Crippen LogP contribution in [0, 0.1) is 0 Å². The standard InChI is InChI=1S/C27H43N3O2/c1-24(2,3)22-14-19(28)18(15-29-22)27(9,10)12-11-26(7,8)17-13-21(32)23(25(4,5)6)30-20(17)16-31/h13-15,31-32H,11-12,16H2,1-10H3,(H2,28,29). The van der Waals surface area contributed by atoms with Crippen LogP contribution in [0.1, 0.15) is 110 Å². The van der Waals surface area contributed by atoms with E-state index in [9.17, 15) is 10.2 Å². The summed E-state index contributed by atoms with van der Waals surface area (Å²) in [6, 6.07) is 3.79. The van der Waals surface area contributed by atoms with Crippen molar-refractivity contribution in [3.63, 3.8) is 0 Å². The van der Waals surface area contributed by atoms with Crippen molar-refractivity contribution in [3.05, 3.63) is 46.5 Å². The van der Waals surface area contributed by atoms with Crippen molar-refractivity contribution >= 4 is 5.69 Å². The number of aliphatic hydroxyl groups is 1. The van der Waals surface area contributed by atoms with Crippen molar-refractivity contribution in [1.82, 2.24) is 9.97 Å². The second-order valence-corrected chi connectivity index (χ2v) is 12.4. The van der Waals surface area contributed by atoms with Crippen LogP contribution in [0.25, 0.3) is 0 Å². The molecule has 2 aromatic rings. The van der Waals surface area contributed by atoms with Gasteiger partial charge in [-0.25, -0.2) is 0 Å². The summed E-state index contributed by atoms with van der Waals surface area (Å²) < 4.78 is 0. The van der Waals surface area contributed by atoms with E-state index in [2.05, 4.69) is 53.5 Å². The Balaban J connectivity index is 2.34. The molecule has 0 unspecified atom stereocenters. The van der Waals surface area contributed by atoms with E-state index in [1.54, 1.807) is 6.07 Å². The molecular formula is C27H43N3O2. The Morgan fingerprint density at radius 1 is 0.812 bits per heavy atom. The molecule has 2 rings (SSSR count). The quantitative estimate of drug-likeness (QED) is 0.520. The first-order chi connectivity index (χ1) is 14.4. The van der Waals surface area contributed by atoms with Crippen molar-refractivity contribution in [1.29, 1.82) is 0 Å². The van der Waals surface area contributed by atoms with Gasteiger partial charge < -0.3 is 15.9 Å². The predicted molar refractivity (Wildman–Crippen MR) is 133 cm³/mol. The predicted octanol–water partition coefficient (Wildman–Crippen LogP) is 5.89. The van der Waals surface area contributed by atoms with Crippen LogP contribution in [-0.2, 0) is 28.3 Å².